The number of rotatable bonds is 4. The number of aryl methyl sites for hydroxylation is 1. The Morgan fingerprint density at radius 1 is 0.750 bits per heavy atom. The lowest BCUT2D eigenvalue weighted by molar-refractivity contribution is 0.573. The van der Waals surface area contributed by atoms with E-state index in [1.54, 1.807) is 0 Å². The lowest BCUT2D eigenvalue weighted by atomic mass is 10.1. The van der Waals surface area contributed by atoms with Crippen molar-refractivity contribution in [1.29, 1.82) is 0 Å². The monoisotopic (exact) mass is 423 g/mol. The molecule has 0 atom stereocenters. The number of halogens is 2. The van der Waals surface area contributed by atoms with Crippen molar-refractivity contribution in [3.63, 3.8) is 0 Å². The summed E-state index contributed by atoms with van der Waals surface area (Å²) >= 11 is 0. The Kier molecular flexibility index (Phi) is 8.64. The molecule has 2 aliphatic heterocycles. The van der Waals surface area contributed by atoms with Gasteiger partial charge in [-0.3, -0.25) is 0 Å². The van der Waals surface area contributed by atoms with E-state index in [9.17, 15) is 0 Å². The van der Waals surface area contributed by atoms with Gasteiger partial charge in [-0.05, 0) is 69.7 Å². The summed E-state index contributed by atoms with van der Waals surface area (Å²) in [5.41, 5.74) is 3.36. The number of nitrogens with one attached hydrogen (secondary N) is 1. The molecule has 0 spiro atoms. The zero-order valence-corrected chi connectivity index (χ0v) is 18.2. The molecule has 2 saturated heterocycles. The minimum Gasteiger partial charge on any atom is -0.372 e. The quantitative estimate of drug-likeness (QED) is 0.717. The molecule has 1 aromatic heterocycles. The van der Waals surface area contributed by atoms with Crippen molar-refractivity contribution < 1.29 is 0 Å². The van der Waals surface area contributed by atoms with Gasteiger partial charge in [-0.15, -0.1) is 24.8 Å². The smallest absolute Gasteiger partial charge is 0.229 e. The van der Waals surface area contributed by atoms with E-state index in [1.165, 1.54) is 57.3 Å². The first-order chi connectivity index (χ1) is 12.8. The second-order valence-electron chi connectivity index (χ2n) is 7.46. The first-order valence-electron chi connectivity index (χ1n) is 10.0. The van der Waals surface area contributed by atoms with Crippen LogP contribution in [0.4, 0.5) is 23.1 Å². The van der Waals surface area contributed by atoms with Crippen LogP contribution in [0.1, 0.15) is 44.2 Å². The molecule has 154 valence electrons. The first kappa shape index (κ1) is 22.6. The SMILES string of the molecule is Cc1cc(N2CCCCC2)nc(Nc2ccc(N3CCCCC3)cc2)n1.Cl.Cl. The van der Waals surface area contributed by atoms with Crippen molar-refractivity contribution in [2.75, 3.05) is 41.3 Å². The van der Waals surface area contributed by atoms with Crippen molar-refractivity contribution in [2.24, 2.45) is 0 Å². The number of nitrogens with zero attached hydrogens (tertiary/aromatic N) is 4. The normalized spacial score (nSPS) is 16.8. The Balaban J connectivity index is 0.00000140. The summed E-state index contributed by atoms with van der Waals surface area (Å²) in [7, 11) is 0. The summed E-state index contributed by atoms with van der Waals surface area (Å²) < 4.78 is 0. The van der Waals surface area contributed by atoms with Crippen LogP contribution >= 0.6 is 24.8 Å². The molecule has 1 aromatic carbocycles. The fourth-order valence-corrected chi connectivity index (χ4v) is 3.93. The van der Waals surface area contributed by atoms with Gasteiger partial charge in [-0.25, -0.2) is 4.98 Å². The number of hydrogen-bond donors (Lipinski definition) is 1. The molecule has 7 heteroatoms. The van der Waals surface area contributed by atoms with Crippen LogP contribution in [-0.2, 0) is 0 Å². The van der Waals surface area contributed by atoms with Crippen molar-refractivity contribution in [3.05, 3.63) is 36.0 Å². The minimum atomic E-state index is 0. The van der Waals surface area contributed by atoms with Gasteiger partial charge in [0.25, 0.3) is 0 Å². The van der Waals surface area contributed by atoms with E-state index in [1.807, 2.05) is 6.92 Å². The average Bonchev–Trinajstić information content (AvgIpc) is 2.69. The van der Waals surface area contributed by atoms with E-state index in [0.717, 1.165) is 30.3 Å². The molecule has 4 rings (SSSR count). The number of hydrogen-bond acceptors (Lipinski definition) is 5. The summed E-state index contributed by atoms with van der Waals surface area (Å²) in [6.07, 6.45) is 7.80. The third-order valence-electron chi connectivity index (χ3n) is 5.37. The third kappa shape index (κ3) is 5.65. The molecule has 0 bridgehead atoms. The lowest BCUT2D eigenvalue weighted by Crippen LogP contribution is -2.30. The summed E-state index contributed by atoms with van der Waals surface area (Å²) in [5.74, 6) is 1.74. The molecule has 3 heterocycles. The molecule has 0 saturated carbocycles. The maximum atomic E-state index is 4.76. The molecular formula is C21H31Cl2N5. The lowest BCUT2D eigenvalue weighted by Gasteiger charge is -2.29. The fourth-order valence-electron chi connectivity index (χ4n) is 3.93. The molecule has 5 nitrogen and oxygen atoms in total. The maximum Gasteiger partial charge on any atom is 0.229 e. The Morgan fingerprint density at radius 2 is 1.32 bits per heavy atom. The summed E-state index contributed by atoms with van der Waals surface area (Å²) in [6.45, 7) is 6.58. The van der Waals surface area contributed by atoms with Crippen LogP contribution in [0.5, 0.6) is 0 Å². The standard InChI is InChI=1S/C21H29N5.2ClH/c1-17-16-20(26-14-6-3-7-15-26)24-21(22-17)23-18-8-10-19(11-9-18)25-12-4-2-5-13-25;;/h8-11,16H,2-7,12-15H2,1H3,(H,22,23,24);2*1H. The number of benzene rings is 1. The van der Waals surface area contributed by atoms with E-state index >= 15 is 0 Å². The molecule has 2 fully saturated rings. The predicted molar refractivity (Wildman–Crippen MR) is 123 cm³/mol. The van der Waals surface area contributed by atoms with Crippen LogP contribution < -0.4 is 15.1 Å². The van der Waals surface area contributed by atoms with Gasteiger partial charge in [0.1, 0.15) is 5.82 Å². The van der Waals surface area contributed by atoms with Gasteiger partial charge in [-0.1, -0.05) is 0 Å². The largest absolute Gasteiger partial charge is 0.372 e. The second kappa shape index (κ2) is 10.7. The third-order valence-corrected chi connectivity index (χ3v) is 5.37. The van der Waals surface area contributed by atoms with Crippen molar-refractivity contribution in [2.45, 2.75) is 45.4 Å². The predicted octanol–water partition coefficient (Wildman–Crippen LogP) is 5.35. The first-order valence-corrected chi connectivity index (χ1v) is 10.0. The van der Waals surface area contributed by atoms with E-state index in [2.05, 4.69) is 50.4 Å². The summed E-state index contributed by atoms with van der Waals surface area (Å²) in [4.78, 5) is 14.2. The van der Waals surface area contributed by atoms with Gasteiger partial charge in [0.15, 0.2) is 0 Å². The highest BCUT2D eigenvalue weighted by Crippen LogP contribution is 2.24. The molecule has 2 aromatic rings. The van der Waals surface area contributed by atoms with Gasteiger partial charge in [0, 0.05) is 49.3 Å². The van der Waals surface area contributed by atoms with Gasteiger partial charge in [0.05, 0.1) is 0 Å². The van der Waals surface area contributed by atoms with Crippen molar-refractivity contribution >= 4 is 48.0 Å². The highest BCUT2D eigenvalue weighted by Gasteiger charge is 2.14. The Morgan fingerprint density at radius 3 is 1.93 bits per heavy atom. The highest BCUT2D eigenvalue weighted by atomic mass is 35.5. The molecule has 1 N–H and O–H groups in total. The van der Waals surface area contributed by atoms with E-state index in [4.69, 9.17) is 4.98 Å². The molecule has 0 radical (unpaired) electrons. The topological polar surface area (TPSA) is 44.3 Å². The van der Waals surface area contributed by atoms with E-state index < -0.39 is 0 Å². The van der Waals surface area contributed by atoms with Gasteiger partial charge < -0.3 is 15.1 Å². The van der Waals surface area contributed by atoms with Gasteiger partial charge in [-0.2, -0.15) is 4.98 Å². The van der Waals surface area contributed by atoms with E-state index in [-0.39, 0.29) is 24.8 Å². The second-order valence-corrected chi connectivity index (χ2v) is 7.46. The molecule has 28 heavy (non-hydrogen) atoms. The Bertz CT molecular complexity index is 726. The molecule has 0 aliphatic carbocycles. The highest BCUT2D eigenvalue weighted by molar-refractivity contribution is 5.85. The minimum absolute atomic E-state index is 0. The number of aromatic nitrogens is 2. The molecule has 0 unspecified atom stereocenters. The van der Waals surface area contributed by atoms with Crippen LogP contribution in [-0.4, -0.2) is 36.1 Å². The van der Waals surface area contributed by atoms with Gasteiger partial charge >= 0.3 is 0 Å². The summed E-state index contributed by atoms with van der Waals surface area (Å²) in [6, 6.07) is 10.8. The van der Waals surface area contributed by atoms with Crippen molar-refractivity contribution in [1.82, 2.24) is 9.97 Å². The maximum absolute atomic E-state index is 4.76. The Labute approximate surface area is 180 Å². The number of piperidine rings is 2. The molecule has 2 aliphatic rings. The summed E-state index contributed by atoms with van der Waals surface area (Å²) in [5, 5.41) is 3.39. The van der Waals surface area contributed by atoms with E-state index in [0.29, 0.717) is 5.95 Å². The van der Waals surface area contributed by atoms with Crippen LogP contribution in [0.15, 0.2) is 30.3 Å². The van der Waals surface area contributed by atoms with Crippen LogP contribution in [0, 0.1) is 6.92 Å². The van der Waals surface area contributed by atoms with Crippen LogP contribution in [0.25, 0.3) is 0 Å². The average molecular weight is 424 g/mol. The molecule has 0 amide bonds. The van der Waals surface area contributed by atoms with Crippen molar-refractivity contribution in [3.8, 4) is 0 Å². The Hall–Kier alpha value is -1.72. The molecular weight excluding hydrogens is 393 g/mol. The van der Waals surface area contributed by atoms with Gasteiger partial charge in [0.2, 0.25) is 5.95 Å². The zero-order chi connectivity index (χ0) is 17.8. The zero-order valence-electron chi connectivity index (χ0n) is 16.6. The van der Waals surface area contributed by atoms with Crippen LogP contribution in [0.2, 0.25) is 0 Å². The fraction of sp³-hybridized carbons (Fsp3) is 0.524. The van der Waals surface area contributed by atoms with Crippen LogP contribution in [0.3, 0.4) is 0 Å². The number of anilines is 4.